The topological polar surface area (TPSA) is 77.0 Å². The van der Waals surface area contributed by atoms with Crippen LogP contribution in [0.25, 0.3) is 0 Å². The average Bonchev–Trinajstić information content (AvgIpc) is 2.92. The van der Waals surface area contributed by atoms with Crippen LogP contribution in [0.15, 0.2) is 10.7 Å². The third kappa shape index (κ3) is 2.20. The summed E-state index contributed by atoms with van der Waals surface area (Å²) in [5.41, 5.74) is 1.41. The van der Waals surface area contributed by atoms with Crippen molar-refractivity contribution < 1.29 is 9.32 Å². The van der Waals surface area contributed by atoms with E-state index >= 15 is 0 Å². The van der Waals surface area contributed by atoms with Gasteiger partial charge in [-0.15, -0.1) is 0 Å². The van der Waals surface area contributed by atoms with Gasteiger partial charge in [-0.25, -0.2) is 0 Å². The van der Waals surface area contributed by atoms with Crippen LogP contribution in [-0.4, -0.2) is 37.3 Å². The third-order valence-corrected chi connectivity index (χ3v) is 4.44. The molecular formula is C15H19N5O2. The van der Waals surface area contributed by atoms with E-state index in [4.69, 9.17) is 4.52 Å². The van der Waals surface area contributed by atoms with Crippen LogP contribution in [0, 0.1) is 6.92 Å². The van der Waals surface area contributed by atoms with Crippen molar-refractivity contribution in [3.05, 3.63) is 29.2 Å². The zero-order valence-electron chi connectivity index (χ0n) is 12.8. The van der Waals surface area contributed by atoms with E-state index in [-0.39, 0.29) is 11.9 Å². The molecule has 0 bridgehead atoms. The van der Waals surface area contributed by atoms with Crippen molar-refractivity contribution in [3.8, 4) is 0 Å². The van der Waals surface area contributed by atoms with Gasteiger partial charge in [-0.2, -0.15) is 10.1 Å². The lowest BCUT2D eigenvalue weighted by atomic mass is 10.2. The lowest BCUT2D eigenvalue weighted by Crippen LogP contribution is -2.31. The van der Waals surface area contributed by atoms with E-state index in [0.29, 0.717) is 17.3 Å². The summed E-state index contributed by atoms with van der Waals surface area (Å²) in [6.07, 6.45) is 5.88. The van der Waals surface area contributed by atoms with Crippen LogP contribution >= 0.6 is 0 Å². The van der Waals surface area contributed by atoms with E-state index in [1.165, 1.54) is 0 Å². The van der Waals surface area contributed by atoms with E-state index in [1.807, 2.05) is 18.9 Å². The van der Waals surface area contributed by atoms with Gasteiger partial charge in [0.25, 0.3) is 5.91 Å². The molecule has 1 saturated heterocycles. The first-order chi connectivity index (χ1) is 10.6. The van der Waals surface area contributed by atoms with Crippen LogP contribution in [0.4, 0.5) is 0 Å². The second-order valence-electron chi connectivity index (χ2n) is 6.22. The molecule has 0 spiro atoms. The minimum atomic E-state index is -0.0802. The van der Waals surface area contributed by atoms with Gasteiger partial charge in [0, 0.05) is 25.7 Å². The summed E-state index contributed by atoms with van der Waals surface area (Å²) in [7, 11) is 1.83. The minimum Gasteiger partial charge on any atom is -0.339 e. The molecule has 4 rings (SSSR count). The fraction of sp³-hybridized carbons (Fsp3) is 0.600. The molecule has 2 aromatic heterocycles. The SMILES string of the molecule is Cc1nn(C)cc1C(=O)N1CCCC1c1noc(C2CC2)n1. The number of rotatable bonds is 3. The van der Waals surface area contributed by atoms with Gasteiger partial charge in [0.2, 0.25) is 5.89 Å². The zero-order chi connectivity index (χ0) is 15.3. The monoisotopic (exact) mass is 301 g/mol. The second-order valence-corrected chi connectivity index (χ2v) is 6.22. The molecule has 1 unspecified atom stereocenters. The van der Waals surface area contributed by atoms with Crippen molar-refractivity contribution in [3.63, 3.8) is 0 Å². The van der Waals surface area contributed by atoms with Gasteiger partial charge in [0.05, 0.1) is 17.3 Å². The normalized spacial score (nSPS) is 21.5. The molecule has 0 aromatic carbocycles. The number of hydrogen-bond acceptors (Lipinski definition) is 5. The number of amides is 1. The van der Waals surface area contributed by atoms with Gasteiger partial charge in [-0.05, 0) is 32.6 Å². The van der Waals surface area contributed by atoms with Gasteiger partial charge in [-0.3, -0.25) is 9.48 Å². The molecular weight excluding hydrogens is 282 g/mol. The molecule has 0 N–H and O–H groups in total. The Morgan fingerprint density at radius 1 is 1.36 bits per heavy atom. The quantitative estimate of drug-likeness (QED) is 0.866. The number of likely N-dealkylation sites (tertiary alicyclic amines) is 1. The number of aryl methyl sites for hydroxylation is 2. The zero-order valence-corrected chi connectivity index (χ0v) is 12.8. The van der Waals surface area contributed by atoms with Crippen molar-refractivity contribution in [1.82, 2.24) is 24.8 Å². The summed E-state index contributed by atoms with van der Waals surface area (Å²) in [4.78, 5) is 19.2. The Morgan fingerprint density at radius 2 is 2.18 bits per heavy atom. The molecule has 1 aliphatic heterocycles. The van der Waals surface area contributed by atoms with Gasteiger partial charge >= 0.3 is 0 Å². The van der Waals surface area contributed by atoms with Crippen LogP contribution in [0.5, 0.6) is 0 Å². The van der Waals surface area contributed by atoms with Crippen molar-refractivity contribution in [2.45, 2.75) is 44.6 Å². The van der Waals surface area contributed by atoms with E-state index in [0.717, 1.165) is 43.8 Å². The lowest BCUT2D eigenvalue weighted by molar-refractivity contribution is 0.0727. The number of hydrogen-bond donors (Lipinski definition) is 0. The average molecular weight is 301 g/mol. The molecule has 2 aliphatic rings. The predicted octanol–water partition coefficient (Wildman–Crippen LogP) is 1.97. The highest BCUT2D eigenvalue weighted by atomic mass is 16.5. The third-order valence-electron chi connectivity index (χ3n) is 4.44. The molecule has 1 amide bonds. The Morgan fingerprint density at radius 3 is 2.86 bits per heavy atom. The van der Waals surface area contributed by atoms with Crippen molar-refractivity contribution in [2.75, 3.05) is 6.54 Å². The van der Waals surface area contributed by atoms with Gasteiger partial charge in [0.15, 0.2) is 5.82 Å². The molecule has 2 fully saturated rings. The summed E-state index contributed by atoms with van der Waals surface area (Å²) in [5.74, 6) is 1.82. The fourth-order valence-corrected chi connectivity index (χ4v) is 3.12. The summed E-state index contributed by atoms with van der Waals surface area (Å²) in [5, 5.41) is 8.37. The molecule has 3 heterocycles. The van der Waals surface area contributed by atoms with E-state index in [2.05, 4.69) is 15.2 Å². The Labute approximate surface area is 128 Å². The number of carbonyl (C=O) groups excluding carboxylic acids is 1. The van der Waals surface area contributed by atoms with Crippen LogP contribution < -0.4 is 0 Å². The van der Waals surface area contributed by atoms with Gasteiger partial charge in [-0.1, -0.05) is 5.16 Å². The summed E-state index contributed by atoms with van der Waals surface area (Å²) < 4.78 is 7.02. The van der Waals surface area contributed by atoms with E-state index in [9.17, 15) is 4.79 Å². The Bertz CT molecular complexity index is 715. The molecule has 7 heteroatoms. The van der Waals surface area contributed by atoms with Crippen LogP contribution in [0.3, 0.4) is 0 Å². The number of carbonyl (C=O) groups is 1. The second kappa shape index (κ2) is 4.93. The predicted molar refractivity (Wildman–Crippen MR) is 77.2 cm³/mol. The van der Waals surface area contributed by atoms with Crippen LogP contribution in [-0.2, 0) is 7.05 Å². The molecule has 1 saturated carbocycles. The van der Waals surface area contributed by atoms with Crippen molar-refractivity contribution >= 4 is 5.91 Å². The van der Waals surface area contributed by atoms with E-state index in [1.54, 1.807) is 10.9 Å². The maximum Gasteiger partial charge on any atom is 0.257 e. The Balaban J connectivity index is 1.59. The number of aromatic nitrogens is 4. The molecule has 0 radical (unpaired) electrons. The summed E-state index contributed by atoms with van der Waals surface area (Å²) in [6, 6.07) is -0.0802. The highest BCUT2D eigenvalue weighted by Crippen LogP contribution is 2.40. The first-order valence-corrected chi connectivity index (χ1v) is 7.78. The van der Waals surface area contributed by atoms with Crippen LogP contribution in [0.2, 0.25) is 0 Å². The smallest absolute Gasteiger partial charge is 0.257 e. The molecule has 116 valence electrons. The Hall–Kier alpha value is -2.18. The first-order valence-electron chi connectivity index (χ1n) is 7.78. The molecule has 7 nitrogen and oxygen atoms in total. The largest absolute Gasteiger partial charge is 0.339 e. The van der Waals surface area contributed by atoms with Crippen molar-refractivity contribution in [1.29, 1.82) is 0 Å². The molecule has 1 atom stereocenters. The lowest BCUT2D eigenvalue weighted by Gasteiger charge is -2.21. The maximum absolute atomic E-state index is 12.8. The van der Waals surface area contributed by atoms with E-state index < -0.39 is 0 Å². The Kier molecular flexibility index (Phi) is 3.02. The fourth-order valence-electron chi connectivity index (χ4n) is 3.12. The summed E-state index contributed by atoms with van der Waals surface area (Å²) in [6.45, 7) is 2.59. The summed E-state index contributed by atoms with van der Waals surface area (Å²) >= 11 is 0. The maximum atomic E-state index is 12.8. The van der Waals surface area contributed by atoms with Crippen LogP contribution in [0.1, 0.15) is 65.4 Å². The minimum absolute atomic E-state index is 0.00544. The number of nitrogens with zero attached hydrogens (tertiary/aromatic N) is 5. The van der Waals surface area contributed by atoms with Crippen molar-refractivity contribution in [2.24, 2.45) is 7.05 Å². The van der Waals surface area contributed by atoms with Gasteiger partial charge in [0.1, 0.15) is 0 Å². The standard InChI is InChI=1S/C15H19N5O2/c1-9-11(8-19(2)17-9)15(21)20-7-3-4-12(20)13-16-14(22-18-13)10-5-6-10/h8,10,12H,3-7H2,1-2H3. The molecule has 2 aromatic rings. The molecule has 22 heavy (non-hydrogen) atoms. The van der Waals surface area contributed by atoms with Gasteiger partial charge < -0.3 is 9.42 Å². The first kappa shape index (κ1) is 13.5. The highest BCUT2D eigenvalue weighted by molar-refractivity contribution is 5.95. The molecule has 1 aliphatic carbocycles. The highest BCUT2D eigenvalue weighted by Gasteiger charge is 2.37.